The van der Waals surface area contributed by atoms with Crippen molar-refractivity contribution in [3.05, 3.63) is 0 Å². The highest BCUT2D eigenvalue weighted by molar-refractivity contribution is 4.90. The predicted molar refractivity (Wildman–Crippen MR) is 80.3 cm³/mol. The molecule has 1 aliphatic heterocycles. The SMILES string of the molecule is CCC(CC)(CNC1CC1)CN1CCC(C(C)O)C1. The third kappa shape index (κ3) is 4.17. The van der Waals surface area contributed by atoms with Crippen molar-refractivity contribution in [1.82, 2.24) is 10.2 Å². The van der Waals surface area contributed by atoms with Gasteiger partial charge in [0.25, 0.3) is 0 Å². The highest BCUT2D eigenvalue weighted by Gasteiger charge is 2.34. The van der Waals surface area contributed by atoms with Gasteiger partial charge in [-0.1, -0.05) is 13.8 Å². The number of nitrogens with one attached hydrogen (secondary N) is 1. The molecule has 0 bridgehead atoms. The molecule has 0 aromatic heterocycles. The molecule has 2 atom stereocenters. The van der Waals surface area contributed by atoms with Crippen molar-refractivity contribution >= 4 is 0 Å². The van der Waals surface area contributed by atoms with Crippen LogP contribution in [0.2, 0.25) is 0 Å². The standard InChI is InChI=1S/C16H32N2O/c1-4-16(5-2,11-17-15-6-7-15)12-18-9-8-14(10-18)13(3)19/h13-15,17,19H,4-12H2,1-3H3. The second-order valence-electron chi connectivity index (χ2n) is 6.89. The zero-order valence-corrected chi connectivity index (χ0v) is 13.0. The fourth-order valence-corrected chi connectivity index (χ4v) is 3.30. The van der Waals surface area contributed by atoms with Gasteiger partial charge in [0.1, 0.15) is 0 Å². The van der Waals surface area contributed by atoms with Crippen molar-refractivity contribution in [2.45, 2.75) is 65.0 Å². The van der Waals surface area contributed by atoms with E-state index in [0.29, 0.717) is 11.3 Å². The molecule has 2 rings (SSSR count). The fraction of sp³-hybridized carbons (Fsp3) is 1.00. The Hall–Kier alpha value is -0.120. The molecule has 2 aliphatic rings. The smallest absolute Gasteiger partial charge is 0.0552 e. The van der Waals surface area contributed by atoms with Crippen LogP contribution in [0.3, 0.4) is 0 Å². The Morgan fingerprint density at radius 1 is 1.26 bits per heavy atom. The van der Waals surface area contributed by atoms with Crippen LogP contribution in [0.15, 0.2) is 0 Å². The van der Waals surface area contributed by atoms with E-state index >= 15 is 0 Å². The molecule has 2 unspecified atom stereocenters. The lowest BCUT2D eigenvalue weighted by molar-refractivity contribution is 0.112. The molecule has 112 valence electrons. The van der Waals surface area contributed by atoms with Gasteiger partial charge < -0.3 is 15.3 Å². The van der Waals surface area contributed by atoms with Gasteiger partial charge in [0.15, 0.2) is 0 Å². The Morgan fingerprint density at radius 3 is 2.42 bits per heavy atom. The van der Waals surface area contributed by atoms with E-state index in [0.717, 1.165) is 19.0 Å². The van der Waals surface area contributed by atoms with E-state index in [-0.39, 0.29) is 6.10 Å². The van der Waals surface area contributed by atoms with E-state index in [9.17, 15) is 5.11 Å². The van der Waals surface area contributed by atoms with Crippen LogP contribution in [0.5, 0.6) is 0 Å². The summed E-state index contributed by atoms with van der Waals surface area (Å²) in [5.74, 6) is 0.489. The Kier molecular flexibility index (Phi) is 5.27. The van der Waals surface area contributed by atoms with Crippen molar-refractivity contribution in [3.8, 4) is 0 Å². The third-order valence-electron chi connectivity index (χ3n) is 5.39. The molecule has 3 heteroatoms. The van der Waals surface area contributed by atoms with Crippen LogP contribution in [0, 0.1) is 11.3 Å². The van der Waals surface area contributed by atoms with Gasteiger partial charge in [-0.15, -0.1) is 0 Å². The Labute approximate surface area is 118 Å². The summed E-state index contributed by atoms with van der Waals surface area (Å²) in [5, 5.41) is 13.5. The summed E-state index contributed by atoms with van der Waals surface area (Å²) >= 11 is 0. The van der Waals surface area contributed by atoms with Crippen molar-refractivity contribution in [2.75, 3.05) is 26.2 Å². The lowest BCUT2D eigenvalue weighted by Gasteiger charge is -2.36. The van der Waals surface area contributed by atoms with Crippen molar-refractivity contribution in [3.63, 3.8) is 0 Å². The number of hydrogen-bond donors (Lipinski definition) is 2. The fourth-order valence-electron chi connectivity index (χ4n) is 3.30. The largest absolute Gasteiger partial charge is 0.393 e. The van der Waals surface area contributed by atoms with Crippen LogP contribution in [-0.4, -0.2) is 48.3 Å². The second kappa shape index (κ2) is 6.55. The first-order valence-electron chi connectivity index (χ1n) is 8.22. The maximum Gasteiger partial charge on any atom is 0.0552 e. The number of aliphatic hydroxyl groups is 1. The molecular weight excluding hydrogens is 236 g/mol. The highest BCUT2D eigenvalue weighted by Crippen LogP contribution is 2.31. The van der Waals surface area contributed by atoms with Gasteiger partial charge in [0.2, 0.25) is 0 Å². The third-order valence-corrected chi connectivity index (χ3v) is 5.39. The van der Waals surface area contributed by atoms with E-state index in [1.807, 2.05) is 6.92 Å². The van der Waals surface area contributed by atoms with Gasteiger partial charge in [-0.3, -0.25) is 0 Å². The number of rotatable bonds is 8. The van der Waals surface area contributed by atoms with Gasteiger partial charge in [-0.05, 0) is 56.9 Å². The average molecular weight is 268 g/mol. The molecule has 2 N–H and O–H groups in total. The maximum absolute atomic E-state index is 9.73. The molecular formula is C16H32N2O. The summed E-state index contributed by atoms with van der Waals surface area (Å²) < 4.78 is 0. The number of likely N-dealkylation sites (tertiary alicyclic amines) is 1. The van der Waals surface area contributed by atoms with E-state index in [2.05, 4.69) is 24.1 Å². The van der Waals surface area contributed by atoms with Crippen LogP contribution in [0.4, 0.5) is 0 Å². The van der Waals surface area contributed by atoms with Crippen LogP contribution < -0.4 is 5.32 Å². The minimum atomic E-state index is -0.146. The molecule has 19 heavy (non-hydrogen) atoms. The van der Waals surface area contributed by atoms with Crippen molar-refractivity contribution in [2.24, 2.45) is 11.3 Å². The van der Waals surface area contributed by atoms with Gasteiger partial charge in [-0.25, -0.2) is 0 Å². The summed E-state index contributed by atoms with van der Waals surface area (Å²) in [6, 6.07) is 0.807. The van der Waals surface area contributed by atoms with Crippen molar-refractivity contribution < 1.29 is 5.11 Å². The molecule has 0 spiro atoms. The zero-order chi connectivity index (χ0) is 13.9. The van der Waals surface area contributed by atoms with Crippen LogP contribution in [0.1, 0.15) is 52.9 Å². The first kappa shape index (κ1) is 15.3. The van der Waals surface area contributed by atoms with E-state index < -0.39 is 0 Å². The molecule has 2 fully saturated rings. The Balaban J connectivity index is 1.84. The zero-order valence-electron chi connectivity index (χ0n) is 13.0. The second-order valence-corrected chi connectivity index (χ2v) is 6.89. The summed E-state index contributed by atoms with van der Waals surface area (Å²) in [6.07, 6.45) is 6.26. The molecule has 1 saturated carbocycles. The van der Waals surface area contributed by atoms with Gasteiger partial charge >= 0.3 is 0 Å². The van der Waals surface area contributed by atoms with Crippen LogP contribution >= 0.6 is 0 Å². The molecule has 3 nitrogen and oxygen atoms in total. The lowest BCUT2D eigenvalue weighted by atomic mass is 9.81. The number of aliphatic hydroxyl groups excluding tert-OH is 1. The quantitative estimate of drug-likeness (QED) is 0.709. The Morgan fingerprint density at radius 2 is 1.95 bits per heavy atom. The van der Waals surface area contributed by atoms with Gasteiger partial charge in [0.05, 0.1) is 6.10 Å². The molecule has 1 saturated heterocycles. The summed E-state index contributed by atoms with van der Waals surface area (Å²) in [4.78, 5) is 2.58. The molecule has 1 aliphatic carbocycles. The minimum Gasteiger partial charge on any atom is -0.393 e. The van der Waals surface area contributed by atoms with E-state index in [4.69, 9.17) is 0 Å². The summed E-state index contributed by atoms with van der Waals surface area (Å²) in [5.41, 5.74) is 0.427. The van der Waals surface area contributed by atoms with Gasteiger partial charge in [-0.2, -0.15) is 0 Å². The van der Waals surface area contributed by atoms with E-state index in [1.54, 1.807) is 0 Å². The molecule has 0 aromatic carbocycles. The molecule has 0 aromatic rings. The predicted octanol–water partition coefficient (Wildman–Crippen LogP) is 2.25. The topological polar surface area (TPSA) is 35.5 Å². The first-order valence-corrected chi connectivity index (χ1v) is 8.22. The average Bonchev–Trinajstić information content (AvgIpc) is 3.12. The minimum absolute atomic E-state index is 0.146. The molecule has 1 heterocycles. The lowest BCUT2D eigenvalue weighted by Crippen LogP contribution is -2.43. The maximum atomic E-state index is 9.73. The number of nitrogens with zero attached hydrogens (tertiary/aromatic N) is 1. The van der Waals surface area contributed by atoms with Gasteiger partial charge in [0, 0.05) is 25.7 Å². The summed E-state index contributed by atoms with van der Waals surface area (Å²) in [7, 11) is 0. The number of hydrogen-bond acceptors (Lipinski definition) is 3. The Bertz CT molecular complexity index is 272. The van der Waals surface area contributed by atoms with Crippen LogP contribution in [0.25, 0.3) is 0 Å². The monoisotopic (exact) mass is 268 g/mol. The first-order chi connectivity index (χ1) is 9.08. The van der Waals surface area contributed by atoms with Crippen molar-refractivity contribution in [1.29, 1.82) is 0 Å². The highest BCUT2D eigenvalue weighted by atomic mass is 16.3. The van der Waals surface area contributed by atoms with E-state index in [1.165, 1.54) is 45.3 Å². The molecule has 0 amide bonds. The molecule has 0 radical (unpaired) electrons. The van der Waals surface area contributed by atoms with Crippen LogP contribution in [-0.2, 0) is 0 Å². The summed E-state index contributed by atoms with van der Waals surface area (Å²) in [6.45, 7) is 11.2. The normalized spacial score (nSPS) is 26.8.